The Kier molecular flexibility index (Phi) is 5.67. The van der Waals surface area contributed by atoms with Crippen LogP contribution in [0.5, 0.6) is 0 Å². The van der Waals surface area contributed by atoms with Crippen molar-refractivity contribution < 1.29 is 13.2 Å². The van der Waals surface area contributed by atoms with E-state index in [4.69, 9.17) is 0 Å². The summed E-state index contributed by atoms with van der Waals surface area (Å²) in [7, 11) is -1.60. The van der Waals surface area contributed by atoms with Gasteiger partial charge < -0.3 is 15.1 Å². The van der Waals surface area contributed by atoms with Crippen molar-refractivity contribution in [1.29, 1.82) is 0 Å². The number of likely N-dealkylation sites (tertiary alicyclic amines) is 1. The van der Waals surface area contributed by atoms with Gasteiger partial charge in [-0.25, -0.2) is 22.5 Å². The van der Waals surface area contributed by atoms with Gasteiger partial charge in [-0.2, -0.15) is 0 Å². The zero-order valence-corrected chi connectivity index (χ0v) is 16.2. The number of piperidine rings is 1. The van der Waals surface area contributed by atoms with Crippen LogP contribution in [0.1, 0.15) is 25.7 Å². The van der Waals surface area contributed by atoms with Crippen molar-refractivity contribution in [1.82, 2.24) is 14.2 Å². The highest BCUT2D eigenvalue weighted by atomic mass is 32.2. The second kappa shape index (κ2) is 7.79. The molecule has 3 heterocycles. The van der Waals surface area contributed by atoms with Crippen molar-refractivity contribution in [2.24, 2.45) is 0 Å². The lowest BCUT2D eigenvalue weighted by molar-refractivity contribution is 0.175. The van der Waals surface area contributed by atoms with E-state index < -0.39 is 10.0 Å². The molecular weight excluding hydrogens is 354 g/mol. The first-order valence-corrected chi connectivity index (χ1v) is 10.9. The minimum atomic E-state index is -3.20. The average Bonchev–Trinajstić information content (AvgIpc) is 3.15. The summed E-state index contributed by atoms with van der Waals surface area (Å²) in [6.07, 6.45) is 6.53. The van der Waals surface area contributed by atoms with Crippen LogP contribution in [0.25, 0.3) is 0 Å². The molecule has 0 saturated carbocycles. The third kappa shape index (κ3) is 4.27. The molecule has 1 N–H and O–H groups in total. The van der Waals surface area contributed by atoms with E-state index in [2.05, 4.69) is 15.2 Å². The summed E-state index contributed by atoms with van der Waals surface area (Å²) in [6.45, 7) is 3.00. The predicted octanol–water partition coefficient (Wildman–Crippen LogP) is 1.57. The summed E-state index contributed by atoms with van der Waals surface area (Å²) in [5.41, 5.74) is 0.731. The van der Waals surface area contributed by atoms with E-state index in [1.807, 2.05) is 12.1 Å². The fourth-order valence-corrected chi connectivity index (χ4v) is 4.33. The topological polar surface area (TPSA) is 85.8 Å². The highest BCUT2D eigenvalue weighted by Gasteiger charge is 2.29. The monoisotopic (exact) mass is 381 g/mol. The smallest absolute Gasteiger partial charge is 0.321 e. The number of nitrogens with one attached hydrogen (secondary N) is 1. The number of amides is 2. The van der Waals surface area contributed by atoms with Gasteiger partial charge in [0, 0.05) is 45.5 Å². The van der Waals surface area contributed by atoms with Crippen LogP contribution in [-0.4, -0.2) is 74.2 Å². The van der Waals surface area contributed by atoms with E-state index in [1.165, 1.54) is 10.6 Å². The van der Waals surface area contributed by atoms with Crippen LogP contribution in [0.2, 0.25) is 0 Å². The maximum atomic E-state index is 12.6. The normalized spacial score (nSPS) is 19.2. The van der Waals surface area contributed by atoms with E-state index in [-0.39, 0.29) is 12.1 Å². The van der Waals surface area contributed by atoms with Gasteiger partial charge >= 0.3 is 6.03 Å². The number of carbonyl (C=O) groups is 1. The van der Waals surface area contributed by atoms with Crippen LogP contribution in [0, 0.1) is 0 Å². The van der Waals surface area contributed by atoms with E-state index >= 15 is 0 Å². The van der Waals surface area contributed by atoms with Gasteiger partial charge in [0.1, 0.15) is 0 Å². The maximum absolute atomic E-state index is 12.6. The fraction of sp³-hybridized carbons (Fsp3) is 0.647. The molecule has 3 rings (SSSR count). The molecule has 0 aromatic carbocycles. The Morgan fingerprint density at radius 1 is 1.23 bits per heavy atom. The van der Waals surface area contributed by atoms with E-state index in [0.29, 0.717) is 25.9 Å². The molecule has 2 saturated heterocycles. The molecule has 8 nitrogen and oxygen atoms in total. The molecule has 9 heteroatoms. The fourth-order valence-electron chi connectivity index (χ4n) is 3.57. The third-order valence-corrected chi connectivity index (χ3v) is 6.57. The van der Waals surface area contributed by atoms with Crippen LogP contribution < -0.4 is 10.2 Å². The standard InChI is InChI=1S/C17H27N5O3S/c1-20(26(2,24)25)14-7-12-22(13-8-14)17(23)19-15-6-5-9-18-16(15)21-10-3-4-11-21/h5-6,9,14H,3-4,7-8,10-13H2,1-2H3,(H,19,23). The van der Waals surface area contributed by atoms with Gasteiger partial charge in [-0.05, 0) is 37.8 Å². The molecule has 2 amide bonds. The summed E-state index contributed by atoms with van der Waals surface area (Å²) < 4.78 is 24.8. The van der Waals surface area contributed by atoms with Crippen LogP contribution in [-0.2, 0) is 10.0 Å². The Bertz CT molecular complexity index is 741. The summed E-state index contributed by atoms with van der Waals surface area (Å²) in [5, 5.41) is 2.98. The third-order valence-electron chi connectivity index (χ3n) is 5.22. The number of pyridine rings is 1. The lowest BCUT2D eigenvalue weighted by Crippen LogP contribution is -2.48. The van der Waals surface area contributed by atoms with Crippen molar-refractivity contribution in [2.75, 3.05) is 49.7 Å². The van der Waals surface area contributed by atoms with Crippen molar-refractivity contribution >= 4 is 27.6 Å². The Balaban J connectivity index is 1.60. The quantitative estimate of drug-likeness (QED) is 0.856. The maximum Gasteiger partial charge on any atom is 0.321 e. The zero-order chi connectivity index (χ0) is 18.7. The molecule has 2 aliphatic heterocycles. The first-order chi connectivity index (χ1) is 12.4. The molecule has 0 unspecified atom stereocenters. The number of aromatic nitrogens is 1. The van der Waals surface area contributed by atoms with Crippen molar-refractivity contribution in [3.63, 3.8) is 0 Å². The van der Waals surface area contributed by atoms with Crippen LogP contribution >= 0.6 is 0 Å². The predicted molar refractivity (Wildman–Crippen MR) is 102 cm³/mol. The highest BCUT2D eigenvalue weighted by Crippen LogP contribution is 2.27. The van der Waals surface area contributed by atoms with Gasteiger partial charge in [0.25, 0.3) is 0 Å². The summed E-state index contributed by atoms with van der Waals surface area (Å²) in [6, 6.07) is 3.50. The minimum absolute atomic E-state index is 0.0485. The van der Waals surface area contributed by atoms with Crippen molar-refractivity contribution in [3.8, 4) is 0 Å². The molecule has 1 aromatic heterocycles. The number of nitrogens with zero attached hydrogens (tertiary/aromatic N) is 4. The molecule has 2 aliphatic rings. The zero-order valence-electron chi connectivity index (χ0n) is 15.4. The number of anilines is 2. The number of hydrogen-bond acceptors (Lipinski definition) is 5. The number of rotatable bonds is 4. The van der Waals surface area contributed by atoms with E-state index in [0.717, 1.165) is 37.4 Å². The van der Waals surface area contributed by atoms with Gasteiger partial charge in [-0.3, -0.25) is 0 Å². The number of sulfonamides is 1. The molecule has 144 valence electrons. The van der Waals surface area contributed by atoms with Gasteiger partial charge in [0.2, 0.25) is 10.0 Å². The minimum Gasteiger partial charge on any atom is -0.355 e. The Morgan fingerprint density at radius 2 is 1.88 bits per heavy atom. The molecule has 0 aliphatic carbocycles. The van der Waals surface area contributed by atoms with E-state index in [9.17, 15) is 13.2 Å². The second-order valence-electron chi connectivity index (χ2n) is 7.00. The highest BCUT2D eigenvalue weighted by molar-refractivity contribution is 7.88. The van der Waals surface area contributed by atoms with Crippen LogP contribution in [0.4, 0.5) is 16.3 Å². The molecular formula is C17H27N5O3S. The van der Waals surface area contributed by atoms with Gasteiger partial charge in [0.05, 0.1) is 11.9 Å². The summed E-state index contributed by atoms with van der Waals surface area (Å²) in [5.74, 6) is 0.824. The molecule has 26 heavy (non-hydrogen) atoms. The average molecular weight is 382 g/mol. The lowest BCUT2D eigenvalue weighted by Gasteiger charge is -2.35. The van der Waals surface area contributed by atoms with E-state index in [1.54, 1.807) is 18.1 Å². The molecule has 0 atom stereocenters. The molecule has 0 radical (unpaired) electrons. The SMILES string of the molecule is CN(C1CCN(C(=O)Nc2cccnc2N2CCCC2)CC1)S(C)(=O)=O. The second-order valence-corrected chi connectivity index (χ2v) is 9.04. The number of carbonyl (C=O) groups excluding carboxylic acids is 1. The molecule has 0 bridgehead atoms. The first-order valence-electron chi connectivity index (χ1n) is 9.05. The Labute approximate surface area is 155 Å². The first kappa shape index (κ1) is 18.9. The summed E-state index contributed by atoms with van der Waals surface area (Å²) in [4.78, 5) is 21.0. The van der Waals surface area contributed by atoms with Gasteiger partial charge in [-0.15, -0.1) is 0 Å². The largest absolute Gasteiger partial charge is 0.355 e. The van der Waals surface area contributed by atoms with Crippen molar-refractivity contribution in [2.45, 2.75) is 31.7 Å². The molecule has 0 spiro atoms. The van der Waals surface area contributed by atoms with Gasteiger partial charge in [-0.1, -0.05) is 0 Å². The number of urea groups is 1. The Morgan fingerprint density at radius 3 is 2.50 bits per heavy atom. The van der Waals surface area contributed by atoms with Crippen LogP contribution in [0.15, 0.2) is 18.3 Å². The Hall–Kier alpha value is -1.87. The lowest BCUT2D eigenvalue weighted by atomic mass is 10.1. The molecule has 2 fully saturated rings. The van der Waals surface area contributed by atoms with Gasteiger partial charge in [0.15, 0.2) is 5.82 Å². The number of hydrogen-bond donors (Lipinski definition) is 1. The molecule has 1 aromatic rings. The summed E-state index contributed by atoms with van der Waals surface area (Å²) >= 11 is 0. The van der Waals surface area contributed by atoms with Crippen LogP contribution in [0.3, 0.4) is 0 Å². The van der Waals surface area contributed by atoms with Crippen molar-refractivity contribution in [3.05, 3.63) is 18.3 Å².